The van der Waals surface area contributed by atoms with Gasteiger partial charge in [-0.1, -0.05) is 18.2 Å². The van der Waals surface area contributed by atoms with Crippen LogP contribution >= 0.6 is 24.0 Å². The Morgan fingerprint density at radius 2 is 1.96 bits per heavy atom. The lowest BCUT2D eigenvalue weighted by atomic mass is 10.1. The Morgan fingerprint density at radius 1 is 1.19 bits per heavy atom. The molecule has 1 aromatic carbocycles. The molecule has 0 fully saturated rings. The van der Waals surface area contributed by atoms with Crippen LogP contribution < -0.4 is 20.3 Å². The average molecular weight is 469 g/mol. The number of para-hydroxylation sites is 1. The van der Waals surface area contributed by atoms with Crippen molar-refractivity contribution in [3.05, 3.63) is 53.7 Å². The largest absolute Gasteiger partial charge is 0.496 e. The number of ether oxygens (including phenoxy) is 1. The second kappa shape index (κ2) is 11.6. The molecule has 1 aromatic heterocycles. The second-order valence-electron chi connectivity index (χ2n) is 5.83. The summed E-state index contributed by atoms with van der Waals surface area (Å²) in [5.74, 6) is 2.64. The maximum atomic E-state index is 5.38. The number of pyridine rings is 1. The minimum absolute atomic E-state index is 0. The Kier molecular flexibility index (Phi) is 9.79. The van der Waals surface area contributed by atoms with Gasteiger partial charge in [-0.3, -0.25) is 4.99 Å². The predicted octanol–water partition coefficient (Wildman–Crippen LogP) is 2.68. The first-order valence-electron chi connectivity index (χ1n) is 8.32. The van der Waals surface area contributed by atoms with E-state index < -0.39 is 0 Å². The highest BCUT2D eigenvalue weighted by Crippen LogP contribution is 2.17. The highest BCUT2D eigenvalue weighted by atomic mass is 127. The lowest BCUT2D eigenvalue weighted by Crippen LogP contribution is -2.37. The number of benzene rings is 1. The number of nitrogens with one attached hydrogen (secondary N) is 2. The molecule has 0 atom stereocenters. The third-order valence-corrected chi connectivity index (χ3v) is 3.83. The van der Waals surface area contributed by atoms with Crippen molar-refractivity contribution in [1.82, 2.24) is 15.6 Å². The molecule has 0 aliphatic rings. The van der Waals surface area contributed by atoms with Crippen LogP contribution in [0.25, 0.3) is 0 Å². The van der Waals surface area contributed by atoms with E-state index in [-0.39, 0.29) is 24.0 Å². The van der Waals surface area contributed by atoms with Gasteiger partial charge in [0.05, 0.1) is 7.11 Å². The van der Waals surface area contributed by atoms with Gasteiger partial charge < -0.3 is 20.3 Å². The molecule has 0 radical (unpaired) electrons. The quantitative estimate of drug-likeness (QED) is 0.371. The number of halogens is 1. The van der Waals surface area contributed by atoms with Crippen molar-refractivity contribution >= 4 is 35.8 Å². The highest BCUT2D eigenvalue weighted by Gasteiger charge is 2.04. The van der Waals surface area contributed by atoms with E-state index in [9.17, 15) is 0 Å². The molecule has 0 bridgehead atoms. The average Bonchev–Trinajstić information content (AvgIpc) is 2.65. The van der Waals surface area contributed by atoms with E-state index in [4.69, 9.17) is 4.74 Å². The van der Waals surface area contributed by atoms with Crippen LogP contribution in [-0.4, -0.2) is 45.7 Å². The Labute approximate surface area is 173 Å². The van der Waals surface area contributed by atoms with Crippen molar-refractivity contribution in [3.8, 4) is 5.75 Å². The van der Waals surface area contributed by atoms with E-state index in [1.54, 1.807) is 14.2 Å². The highest BCUT2D eigenvalue weighted by molar-refractivity contribution is 14.0. The van der Waals surface area contributed by atoms with Gasteiger partial charge in [0.1, 0.15) is 11.6 Å². The summed E-state index contributed by atoms with van der Waals surface area (Å²) >= 11 is 0. The number of rotatable bonds is 7. The fraction of sp³-hybridized carbons (Fsp3) is 0.368. The fourth-order valence-electron chi connectivity index (χ4n) is 2.45. The van der Waals surface area contributed by atoms with E-state index in [2.05, 4.69) is 32.7 Å². The van der Waals surface area contributed by atoms with Gasteiger partial charge in [-0.2, -0.15) is 0 Å². The molecule has 1 heterocycles. The van der Waals surface area contributed by atoms with E-state index in [1.165, 1.54) is 5.56 Å². The summed E-state index contributed by atoms with van der Waals surface area (Å²) < 4.78 is 5.38. The summed E-state index contributed by atoms with van der Waals surface area (Å²) in [5.41, 5.74) is 2.34. The van der Waals surface area contributed by atoms with Crippen molar-refractivity contribution in [2.24, 2.45) is 4.99 Å². The number of aliphatic imine (C=N–C) groups is 1. The van der Waals surface area contributed by atoms with Crippen LogP contribution in [0.4, 0.5) is 5.82 Å². The zero-order chi connectivity index (χ0) is 18.1. The molecule has 0 aliphatic carbocycles. The number of hydrogen-bond acceptors (Lipinski definition) is 4. The summed E-state index contributed by atoms with van der Waals surface area (Å²) in [6.45, 7) is 1.47. The maximum Gasteiger partial charge on any atom is 0.191 e. The molecule has 0 saturated carbocycles. The van der Waals surface area contributed by atoms with Crippen LogP contribution in [0.15, 0.2) is 47.6 Å². The summed E-state index contributed by atoms with van der Waals surface area (Å²) in [6, 6.07) is 12.1. The third kappa shape index (κ3) is 6.70. The summed E-state index contributed by atoms with van der Waals surface area (Å²) in [5, 5.41) is 6.66. The van der Waals surface area contributed by atoms with Gasteiger partial charge in [0, 0.05) is 40.4 Å². The number of anilines is 1. The number of methoxy groups -OCH3 is 1. The van der Waals surface area contributed by atoms with Gasteiger partial charge in [0.15, 0.2) is 5.96 Å². The molecular formula is C19H28IN5O. The normalized spacial score (nSPS) is 10.7. The monoisotopic (exact) mass is 469 g/mol. The Morgan fingerprint density at radius 3 is 2.65 bits per heavy atom. The summed E-state index contributed by atoms with van der Waals surface area (Å²) in [6.07, 6.45) is 2.69. The number of guanidine groups is 1. The third-order valence-electron chi connectivity index (χ3n) is 3.83. The summed E-state index contributed by atoms with van der Waals surface area (Å²) in [4.78, 5) is 10.6. The Balaban J connectivity index is 0.00000338. The SMILES string of the molecule is CN=C(NCCc1ccccc1OC)NCc1ccnc(N(C)C)c1.I. The van der Waals surface area contributed by atoms with Crippen molar-refractivity contribution in [1.29, 1.82) is 0 Å². The minimum Gasteiger partial charge on any atom is -0.496 e. The summed E-state index contributed by atoms with van der Waals surface area (Å²) in [7, 11) is 7.44. The predicted molar refractivity (Wildman–Crippen MR) is 119 cm³/mol. The molecule has 2 rings (SSSR count). The van der Waals surface area contributed by atoms with Gasteiger partial charge >= 0.3 is 0 Å². The van der Waals surface area contributed by atoms with E-state index >= 15 is 0 Å². The second-order valence-corrected chi connectivity index (χ2v) is 5.83. The first kappa shape index (κ1) is 22.0. The van der Waals surface area contributed by atoms with E-state index in [0.29, 0.717) is 6.54 Å². The van der Waals surface area contributed by atoms with Crippen LogP contribution in [0.5, 0.6) is 5.75 Å². The molecule has 0 saturated heterocycles. The number of aromatic nitrogens is 1. The Bertz CT molecular complexity index is 706. The van der Waals surface area contributed by atoms with Crippen LogP contribution in [0.2, 0.25) is 0 Å². The van der Waals surface area contributed by atoms with Gasteiger partial charge in [-0.15, -0.1) is 24.0 Å². The fourth-order valence-corrected chi connectivity index (χ4v) is 2.45. The molecule has 26 heavy (non-hydrogen) atoms. The van der Waals surface area contributed by atoms with Crippen LogP contribution in [0, 0.1) is 0 Å². The Hall–Kier alpha value is -2.03. The molecule has 6 nitrogen and oxygen atoms in total. The lowest BCUT2D eigenvalue weighted by Gasteiger charge is -2.15. The van der Waals surface area contributed by atoms with Crippen molar-refractivity contribution in [3.63, 3.8) is 0 Å². The van der Waals surface area contributed by atoms with Gasteiger partial charge in [0.2, 0.25) is 0 Å². The topological polar surface area (TPSA) is 61.8 Å². The van der Waals surface area contributed by atoms with E-state index in [0.717, 1.165) is 36.1 Å². The molecule has 142 valence electrons. The van der Waals surface area contributed by atoms with Crippen molar-refractivity contribution < 1.29 is 4.74 Å². The van der Waals surface area contributed by atoms with Crippen LogP contribution in [0.1, 0.15) is 11.1 Å². The smallest absolute Gasteiger partial charge is 0.191 e. The standard InChI is InChI=1S/C19H27N5O.HI/c1-20-19(22-12-10-16-7-5-6-8-17(16)25-4)23-14-15-9-11-21-18(13-15)24(2)3;/h5-9,11,13H,10,12,14H2,1-4H3,(H2,20,22,23);1H. The zero-order valence-electron chi connectivity index (χ0n) is 15.8. The van der Waals surface area contributed by atoms with Gasteiger partial charge in [-0.25, -0.2) is 4.98 Å². The van der Waals surface area contributed by atoms with Crippen molar-refractivity contribution in [2.75, 3.05) is 39.7 Å². The number of nitrogens with zero attached hydrogens (tertiary/aromatic N) is 3. The molecule has 0 spiro atoms. The molecule has 0 aliphatic heterocycles. The molecular weight excluding hydrogens is 441 g/mol. The van der Waals surface area contributed by atoms with E-state index in [1.807, 2.05) is 49.5 Å². The van der Waals surface area contributed by atoms with Gasteiger partial charge in [0.25, 0.3) is 0 Å². The van der Waals surface area contributed by atoms with Gasteiger partial charge in [-0.05, 0) is 35.7 Å². The minimum atomic E-state index is 0. The van der Waals surface area contributed by atoms with Crippen molar-refractivity contribution in [2.45, 2.75) is 13.0 Å². The first-order valence-corrected chi connectivity index (χ1v) is 8.32. The maximum absolute atomic E-state index is 5.38. The molecule has 0 unspecified atom stereocenters. The number of hydrogen-bond donors (Lipinski definition) is 2. The zero-order valence-corrected chi connectivity index (χ0v) is 18.2. The first-order chi connectivity index (χ1) is 12.1. The van der Waals surface area contributed by atoms with Crippen LogP contribution in [0.3, 0.4) is 0 Å². The molecule has 0 amide bonds. The lowest BCUT2D eigenvalue weighted by molar-refractivity contribution is 0.409. The molecule has 2 N–H and O–H groups in total. The van der Waals surface area contributed by atoms with Crippen LogP contribution in [-0.2, 0) is 13.0 Å². The molecule has 7 heteroatoms. The molecule has 2 aromatic rings.